The van der Waals surface area contributed by atoms with Crippen LogP contribution in [0.2, 0.25) is 0 Å². The number of rotatable bonds is 2. The fourth-order valence-electron chi connectivity index (χ4n) is 1.27. The van der Waals surface area contributed by atoms with Crippen LogP contribution in [0.15, 0.2) is 16.7 Å². The van der Waals surface area contributed by atoms with Crippen molar-refractivity contribution in [2.24, 2.45) is 0 Å². The zero-order valence-corrected chi connectivity index (χ0v) is 11.6. The summed E-state index contributed by atoms with van der Waals surface area (Å²) in [6.07, 6.45) is 2.03. The van der Waals surface area contributed by atoms with Gasteiger partial charge in [0.05, 0.1) is 6.10 Å². The molecule has 0 unspecified atom stereocenters. The van der Waals surface area contributed by atoms with E-state index >= 15 is 0 Å². The molecule has 0 radical (unpaired) electrons. The lowest BCUT2D eigenvalue weighted by Crippen LogP contribution is -2.13. The Balaban J connectivity index is 2.99. The third kappa shape index (κ3) is 3.49. The molecule has 0 aromatic carbocycles. The van der Waals surface area contributed by atoms with E-state index in [0.29, 0.717) is 5.88 Å². The molecule has 3 heteroatoms. The minimum absolute atomic E-state index is 0.0994. The molecule has 2 nitrogen and oxygen atoms in total. The highest BCUT2D eigenvalue weighted by Crippen LogP contribution is 2.31. The van der Waals surface area contributed by atoms with E-state index in [9.17, 15) is 0 Å². The number of hydrogen-bond acceptors (Lipinski definition) is 2. The molecule has 0 saturated carbocycles. The van der Waals surface area contributed by atoms with Crippen LogP contribution in [-0.2, 0) is 5.41 Å². The summed E-state index contributed by atoms with van der Waals surface area (Å²) >= 11 is 3.55. The standard InChI is InChI=1S/C12H18BrNO/c1-8(2)15-11-6-10(13)9(7-14-11)12(3,4)5/h6-8H,1-5H3. The van der Waals surface area contributed by atoms with Gasteiger partial charge in [0.2, 0.25) is 5.88 Å². The van der Waals surface area contributed by atoms with E-state index in [2.05, 4.69) is 41.7 Å². The van der Waals surface area contributed by atoms with Crippen molar-refractivity contribution < 1.29 is 4.74 Å². The number of aromatic nitrogens is 1. The molecule has 0 amide bonds. The molecule has 0 spiro atoms. The first-order chi connectivity index (χ1) is 6.80. The average molecular weight is 272 g/mol. The molecule has 0 fully saturated rings. The Bertz CT molecular complexity index is 342. The maximum absolute atomic E-state index is 5.52. The van der Waals surface area contributed by atoms with Crippen molar-refractivity contribution in [3.63, 3.8) is 0 Å². The Hall–Kier alpha value is -0.570. The van der Waals surface area contributed by atoms with Gasteiger partial charge in [-0.15, -0.1) is 0 Å². The molecule has 0 bridgehead atoms. The summed E-state index contributed by atoms with van der Waals surface area (Å²) < 4.78 is 6.58. The zero-order valence-electron chi connectivity index (χ0n) is 9.97. The number of halogens is 1. The van der Waals surface area contributed by atoms with Gasteiger partial charge in [0.1, 0.15) is 0 Å². The van der Waals surface area contributed by atoms with Crippen molar-refractivity contribution >= 4 is 15.9 Å². The molecule has 0 atom stereocenters. The van der Waals surface area contributed by atoms with Crippen molar-refractivity contribution in [3.05, 3.63) is 22.3 Å². The highest BCUT2D eigenvalue weighted by atomic mass is 79.9. The second-order valence-electron chi connectivity index (χ2n) is 4.92. The normalized spacial score (nSPS) is 11.9. The predicted octanol–water partition coefficient (Wildman–Crippen LogP) is 3.93. The molecular weight excluding hydrogens is 254 g/mol. The molecule has 0 saturated heterocycles. The van der Waals surface area contributed by atoms with Crippen LogP contribution in [-0.4, -0.2) is 11.1 Å². The Labute approximate surface area is 100 Å². The molecule has 0 aliphatic carbocycles. The van der Waals surface area contributed by atoms with Crippen molar-refractivity contribution in [3.8, 4) is 5.88 Å². The van der Waals surface area contributed by atoms with Crippen molar-refractivity contribution in [1.82, 2.24) is 4.98 Å². The lowest BCUT2D eigenvalue weighted by atomic mass is 9.88. The highest BCUT2D eigenvalue weighted by molar-refractivity contribution is 9.10. The van der Waals surface area contributed by atoms with E-state index in [1.54, 1.807) is 0 Å². The Morgan fingerprint density at radius 1 is 1.33 bits per heavy atom. The molecule has 0 N–H and O–H groups in total. The SMILES string of the molecule is CC(C)Oc1cc(Br)c(C(C)(C)C)cn1. The molecular formula is C12H18BrNO. The first kappa shape index (κ1) is 12.5. The third-order valence-electron chi connectivity index (χ3n) is 1.99. The maximum Gasteiger partial charge on any atom is 0.214 e. The number of nitrogens with zero attached hydrogens (tertiary/aromatic N) is 1. The van der Waals surface area contributed by atoms with E-state index in [0.717, 1.165) is 4.47 Å². The van der Waals surface area contributed by atoms with E-state index < -0.39 is 0 Å². The number of hydrogen-bond donors (Lipinski definition) is 0. The van der Waals surface area contributed by atoms with Crippen LogP contribution >= 0.6 is 15.9 Å². The lowest BCUT2D eigenvalue weighted by molar-refractivity contribution is 0.232. The number of ether oxygens (including phenoxy) is 1. The first-order valence-electron chi connectivity index (χ1n) is 5.13. The minimum atomic E-state index is 0.0994. The van der Waals surface area contributed by atoms with Crippen LogP contribution < -0.4 is 4.74 Å². The Morgan fingerprint density at radius 3 is 2.33 bits per heavy atom. The van der Waals surface area contributed by atoms with Gasteiger partial charge in [-0.05, 0) is 24.8 Å². The fraction of sp³-hybridized carbons (Fsp3) is 0.583. The summed E-state index contributed by atoms with van der Waals surface area (Å²) in [5.74, 6) is 0.671. The van der Waals surface area contributed by atoms with Crippen LogP contribution in [0, 0.1) is 0 Å². The van der Waals surface area contributed by atoms with Crippen molar-refractivity contribution in [2.75, 3.05) is 0 Å². The Kier molecular flexibility index (Phi) is 3.77. The second-order valence-corrected chi connectivity index (χ2v) is 5.77. The number of pyridine rings is 1. The zero-order chi connectivity index (χ0) is 11.6. The first-order valence-corrected chi connectivity index (χ1v) is 5.92. The molecule has 1 aromatic heterocycles. The lowest BCUT2D eigenvalue weighted by Gasteiger charge is -2.20. The quantitative estimate of drug-likeness (QED) is 0.813. The van der Waals surface area contributed by atoms with Crippen LogP contribution in [0.1, 0.15) is 40.2 Å². The summed E-state index contributed by atoms with van der Waals surface area (Å²) in [5.41, 5.74) is 1.29. The van der Waals surface area contributed by atoms with Gasteiger partial charge in [-0.3, -0.25) is 0 Å². The summed E-state index contributed by atoms with van der Waals surface area (Å²) in [5, 5.41) is 0. The monoisotopic (exact) mass is 271 g/mol. The molecule has 0 aliphatic heterocycles. The third-order valence-corrected chi connectivity index (χ3v) is 2.65. The molecule has 84 valence electrons. The van der Waals surface area contributed by atoms with E-state index in [-0.39, 0.29) is 11.5 Å². The van der Waals surface area contributed by atoms with Gasteiger partial charge in [-0.25, -0.2) is 4.98 Å². The summed E-state index contributed by atoms with van der Waals surface area (Å²) in [6, 6.07) is 1.93. The average Bonchev–Trinajstić information content (AvgIpc) is 1.99. The highest BCUT2D eigenvalue weighted by Gasteiger charge is 2.18. The van der Waals surface area contributed by atoms with Gasteiger partial charge >= 0.3 is 0 Å². The van der Waals surface area contributed by atoms with Crippen LogP contribution in [0.3, 0.4) is 0 Å². The fourth-order valence-corrected chi connectivity index (χ4v) is 2.16. The van der Waals surface area contributed by atoms with Gasteiger partial charge in [0, 0.05) is 16.7 Å². The Morgan fingerprint density at radius 2 is 1.93 bits per heavy atom. The maximum atomic E-state index is 5.52. The van der Waals surface area contributed by atoms with Gasteiger partial charge in [0.25, 0.3) is 0 Å². The molecule has 1 aromatic rings. The van der Waals surface area contributed by atoms with Crippen LogP contribution in [0.4, 0.5) is 0 Å². The molecule has 1 rings (SSSR count). The van der Waals surface area contributed by atoms with Gasteiger partial charge < -0.3 is 4.74 Å². The largest absolute Gasteiger partial charge is 0.475 e. The predicted molar refractivity (Wildman–Crippen MR) is 66.4 cm³/mol. The van der Waals surface area contributed by atoms with Gasteiger partial charge in [-0.1, -0.05) is 36.7 Å². The topological polar surface area (TPSA) is 22.1 Å². The van der Waals surface area contributed by atoms with Crippen LogP contribution in [0.5, 0.6) is 5.88 Å². The summed E-state index contributed by atoms with van der Waals surface area (Å²) in [4.78, 5) is 4.29. The molecule has 1 heterocycles. The van der Waals surface area contributed by atoms with Gasteiger partial charge in [0.15, 0.2) is 0 Å². The summed E-state index contributed by atoms with van der Waals surface area (Å²) in [6.45, 7) is 10.5. The van der Waals surface area contributed by atoms with E-state index in [4.69, 9.17) is 4.74 Å². The van der Waals surface area contributed by atoms with Crippen molar-refractivity contribution in [2.45, 2.75) is 46.1 Å². The smallest absolute Gasteiger partial charge is 0.214 e. The molecule has 0 aliphatic rings. The van der Waals surface area contributed by atoms with E-state index in [1.165, 1.54) is 5.56 Å². The van der Waals surface area contributed by atoms with Gasteiger partial charge in [-0.2, -0.15) is 0 Å². The second kappa shape index (κ2) is 4.52. The van der Waals surface area contributed by atoms with Crippen LogP contribution in [0.25, 0.3) is 0 Å². The molecule has 15 heavy (non-hydrogen) atoms. The van der Waals surface area contributed by atoms with Crippen molar-refractivity contribution in [1.29, 1.82) is 0 Å². The van der Waals surface area contributed by atoms with E-state index in [1.807, 2.05) is 26.1 Å². The minimum Gasteiger partial charge on any atom is -0.475 e. The summed E-state index contributed by atoms with van der Waals surface area (Å²) in [7, 11) is 0.